The zero-order valence-corrected chi connectivity index (χ0v) is 11.6. The number of nitrogens with one attached hydrogen (secondary N) is 1. The second-order valence-corrected chi connectivity index (χ2v) is 4.59. The van der Waals surface area contributed by atoms with E-state index in [0.29, 0.717) is 17.3 Å². The van der Waals surface area contributed by atoms with Crippen LogP contribution in [0.25, 0.3) is 11.1 Å². The lowest BCUT2D eigenvalue weighted by Crippen LogP contribution is -2.06. The van der Waals surface area contributed by atoms with Gasteiger partial charge >= 0.3 is 0 Å². The lowest BCUT2D eigenvalue weighted by atomic mass is 9.99. The highest BCUT2D eigenvalue weighted by molar-refractivity contribution is 6.32. The molecule has 2 rings (SSSR count). The van der Waals surface area contributed by atoms with Crippen LogP contribution < -0.4 is 10.1 Å². The molecule has 2 aromatic rings. The van der Waals surface area contributed by atoms with Crippen LogP contribution in [0.4, 0.5) is 4.39 Å². The summed E-state index contributed by atoms with van der Waals surface area (Å²) in [5.41, 5.74) is 2.72. The lowest BCUT2D eigenvalue weighted by Gasteiger charge is -2.11. The second kappa shape index (κ2) is 6.04. The van der Waals surface area contributed by atoms with Gasteiger partial charge in [-0.1, -0.05) is 23.7 Å². The van der Waals surface area contributed by atoms with E-state index >= 15 is 0 Å². The molecule has 0 radical (unpaired) electrons. The summed E-state index contributed by atoms with van der Waals surface area (Å²) < 4.78 is 18.6. The van der Waals surface area contributed by atoms with Gasteiger partial charge in [-0.2, -0.15) is 0 Å². The fourth-order valence-electron chi connectivity index (χ4n) is 2.00. The van der Waals surface area contributed by atoms with Crippen molar-refractivity contribution in [2.75, 3.05) is 14.2 Å². The molecule has 0 aromatic heterocycles. The van der Waals surface area contributed by atoms with Crippen LogP contribution in [-0.4, -0.2) is 14.2 Å². The molecule has 0 spiro atoms. The van der Waals surface area contributed by atoms with E-state index in [2.05, 4.69) is 5.32 Å². The highest BCUT2D eigenvalue weighted by Crippen LogP contribution is 2.32. The van der Waals surface area contributed by atoms with Gasteiger partial charge in [0.2, 0.25) is 0 Å². The number of halogens is 2. The molecule has 0 fully saturated rings. The average Bonchev–Trinajstić information content (AvgIpc) is 2.41. The summed E-state index contributed by atoms with van der Waals surface area (Å²) in [5.74, 6) is 0.346. The van der Waals surface area contributed by atoms with Gasteiger partial charge < -0.3 is 10.1 Å². The maximum absolute atomic E-state index is 13.4. The smallest absolute Gasteiger partial charge is 0.137 e. The molecule has 2 aromatic carbocycles. The van der Waals surface area contributed by atoms with Gasteiger partial charge in [-0.25, -0.2) is 4.39 Å². The van der Waals surface area contributed by atoms with Gasteiger partial charge in [0.15, 0.2) is 0 Å². The minimum Gasteiger partial charge on any atom is -0.495 e. The molecular weight excluding hydrogens is 265 g/mol. The van der Waals surface area contributed by atoms with E-state index in [1.807, 2.05) is 13.1 Å². The zero-order valence-electron chi connectivity index (χ0n) is 10.8. The number of ether oxygens (including phenoxy) is 1. The number of hydrogen-bond acceptors (Lipinski definition) is 2. The molecule has 0 heterocycles. The summed E-state index contributed by atoms with van der Waals surface area (Å²) in [6, 6.07) is 10.2. The molecule has 0 saturated heterocycles. The Morgan fingerprint density at radius 1 is 1.21 bits per heavy atom. The third-order valence-corrected chi connectivity index (χ3v) is 3.20. The minimum atomic E-state index is -0.262. The van der Waals surface area contributed by atoms with Crippen LogP contribution in [0, 0.1) is 5.82 Å². The molecule has 1 N–H and O–H groups in total. The summed E-state index contributed by atoms with van der Waals surface area (Å²) in [6.07, 6.45) is 0. The van der Waals surface area contributed by atoms with Crippen LogP contribution >= 0.6 is 11.6 Å². The van der Waals surface area contributed by atoms with Crippen LogP contribution in [0.3, 0.4) is 0 Å². The fraction of sp³-hybridized carbons (Fsp3) is 0.200. The minimum absolute atomic E-state index is 0.262. The highest BCUT2D eigenvalue weighted by atomic mass is 35.5. The Morgan fingerprint density at radius 2 is 2.00 bits per heavy atom. The lowest BCUT2D eigenvalue weighted by molar-refractivity contribution is 0.415. The molecule has 0 bridgehead atoms. The molecule has 2 nitrogen and oxygen atoms in total. The van der Waals surface area contributed by atoms with Crippen molar-refractivity contribution in [3.05, 3.63) is 52.8 Å². The first kappa shape index (κ1) is 13.8. The van der Waals surface area contributed by atoms with Gasteiger partial charge in [-0.05, 0) is 48.0 Å². The highest BCUT2D eigenvalue weighted by Gasteiger charge is 2.09. The number of hydrogen-bond donors (Lipinski definition) is 1. The largest absolute Gasteiger partial charge is 0.495 e. The van der Waals surface area contributed by atoms with Crippen molar-refractivity contribution in [1.82, 2.24) is 5.32 Å². The first-order valence-electron chi connectivity index (χ1n) is 5.92. The Labute approximate surface area is 117 Å². The summed E-state index contributed by atoms with van der Waals surface area (Å²) >= 11 is 6.11. The Hall–Kier alpha value is -1.58. The van der Waals surface area contributed by atoms with Crippen LogP contribution in [0.1, 0.15) is 5.56 Å². The molecular formula is C15H15ClFNO. The molecule has 0 aliphatic heterocycles. The Morgan fingerprint density at radius 3 is 2.63 bits per heavy atom. The van der Waals surface area contributed by atoms with Crippen molar-refractivity contribution in [2.24, 2.45) is 0 Å². The van der Waals surface area contributed by atoms with Gasteiger partial charge in [0.1, 0.15) is 11.6 Å². The van der Waals surface area contributed by atoms with Crippen molar-refractivity contribution < 1.29 is 9.13 Å². The van der Waals surface area contributed by atoms with E-state index in [1.54, 1.807) is 25.3 Å². The van der Waals surface area contributed by atoms with Crippen LogP contribution in [-0.2, 0) is 6.54 Å². The molecule has 0 atom stereocenters. The van der Waals surface area contributed by atoms with Gasteiger partial charge in [0.25, 0.3) is 0 Å². The Bertz CT molecular complexity index is 586. The molecule has 0 aliphatic rings. The normalized spacial score (nSPS) is 10.5. The van der Waals surface area contributed by atoms with Crippen molar-refractivity contribution in [3.63, 3.8) is 0 Å². The molecule has 0 amide bonds. The summed E-state index contributed by atoms with van der Waals surface area (Å²) in [7, 11) is 3.42. The first-order valence-corrected chi connectivity index (χ1v) is 6.30. The third kappa shape index (κ3) is 3.06. The summed E-state index contributed by atoms with van der Waals surface area (Å²) in [4.78, 5) is 0. The van der Waals surface area contributed by atoms with E-state index < -0.39 is 0 Å². The summed E-state index contributed by atoms with van der Waals surface area (Å²) in [5, 5.41) is 3.58. The van der Waals surface area contributed by atoms with Gasteiger partial charge in [-0.15, -0.1) is 0 Å². The van der Waals surface area contributed by atoms with E-state index in [9.17, 15) is 4.39 Å². The van der Waals surface area contributed by atoms with Crippen LogP contribution in [0.2, 0.25) is 5.02 Å². The third-order valence-electron chi connectivity index (χ3n) is 2.90. The number of benzene rings is 2. The zero-order chi connectivity index (χ0) is 13.8. The van der Waals surface area contributed by atoms with E-state index in [1.165, 1.54) is 12.1 Å². The number of methoxy groups -OCH3 is 1. The molecule has 19 heavy (non-hydrogen) atoms. The average molecular weight is 280 g/mol. The predicted octanol–water partition coefficient (Wildman–Crippen LogP) is 3.87. The van der Waals surface area contributed by atoms with E-state index in [4.69, 9.17) is 16.3 Å². The molecule has 0 saturated carbocycles. The van der Waals surface area contributed by atoms with Gasteiger partial charge in [0.05, 0.1) is 12.1 Å². The molecule has 0 unspecified atom stereocenters. The molecule has 0 aliphatic carbocycles. The van der Waals surface area contributed by atoms with Crippen molar-refractivity contribution >= 4 is 11.6 Å². The van der Waals surface area contributed by atoms with Crippen molar-refractivity contribution in [1.29, 1.82) is 0 Å². The van der Waals surface area contributed by atoms with Crippen LogP contribution in [0.5, 0.6) is 5.75 Å². The Kier molecular flexibility index (Phi) is 4.40. The molecule has 4 heteroatoms. The monoisotopic (exact) mass is 279 g/mol. The van der Waals surface area contributed by atoms with E-state index in [-0.39, 0.29) is 5.82 Å². The van der Waals surface area contributed by atoms with Crippen molar-refractivity contribution in [2.45, 2.75) is 6.54 Å². The predicted molar refractivity (Wildman–Crippen MR) is 76.2 cm³/mol. The van der Waals surface area contributed by atoms with Gasteiger partial charge in [0, 0.05) is 6.54 Å². The van der Waals surface area contributed by atoms with Crippen molar-refractivity contribution in [3.8, 4) is 16.9 Å². The fourth-order valence-corrected chi connectivity index (χ4v) is 2.25. The number of rotatable bonds is 4. The maximum atomic E-state index is 13.4. The second-order valence-electron chi connectivity index (χ2n) is 4.18. The van der Waals surface area contributed by atoms with Gasteiger partial charge in [-0.3, -0.25) is 0 Å². The SMILES string of the molecule is CNCc1ccc(F)cc1-c1ccc(OC)c(Cl)c1. The van der Waals surface area contributed by atoms with Crippen LogP contribution in [0.15, 0.2) is 36.4 Å². The topological polar surface area (TPSA) is 21.3 Å². The molecule has 100 valence electrons. The van der Waals surface area contributed by atoms with E-state index in [0.717, 1.165) is 16.7 Å². The summed E-state index contributed by atoms with van der Waals surface area (Å²) in [6.45, 7) is 0.666. The first-order chi connectivity index (χ1) is 9.15. The Balaban J connectivity index is 2.51. The quantitative estimate of drug-likeness (QED) is 0.917. The maximum Gasteiger partial charge on any atom is 0.137 e. The standard InChI is InChI=1S/C15H15ClFNO/c1-18-9-11-3-5-12(17)8-13(11)10-4-6-15(19-2)14(16)7-10/h3-8,18H,9H2,1-2H3.